The first-order valence-electron chi connectivity index (χ1n) is 7.68. The van der Waals surface area contributed by atoms with Crippen molar-refractivity contribution in [3.63, 3.8) is 0 Å². The van der Waals surface area contributed by atoms with Crippen LogP contribution in [0.1, 0.15) is 47.7 Å². The molecule has 1 fully saturated rings. The second-order valence-corrected chi connectivity index (χ2v) is 7.03. The lowest BCUT2D eigenvalue weighted by atomic mass is 9.93. The number of thiazole rings is 1. The van der Waals surface area contributed by atoms with Crippen molar-refractivity contribution in [2.75, 3.05) is 14.1 Å². The van der Waals surface area contributed by atoms with Gasteiger partial charge in [-0.1, -0.05) is 0 Å². The van der Waals surface area contributed by atoms with E-state index in [2.05, 4.69) is 22.3 Å². The van der Waals surface area contributed by atoms with E-state index in [-0.39, 0.29) is 24.0 Å². The lowest BCUT2D eigenvalue weighted by Crippen LogP contribution is -2.46. The Bertz CT molecular complexity index is 472. The van der Waals surface area contributed by atoms with Crippen molar-refractivity contribution in [2.24, 2.45) is 4.99 Å². The van der Waals surface area contributed by atoms with E-state index in [0.29, 0.717) is 6.04 Å². The third-order valence-corrected chi connectivity index (χ3v) is 5.42. The van der Waals surface area contributed by atoms with Gasteiger partial charge in [-0.15, -0.1) is 35.3 Å². The molecular weight excluding hydrogens is 395 g/mol. The number of aromatic nitrogens is 1. The van der Waals surface area contributed by atoms with Gasteiger partial charge < -0.3 is 10.2 Å². The van der Waals surface area contributed by atoms with E-state index in [9.17, 15) is 0 Å². The monoisotopic (exact) mass is 420 g/mol. The predicted molar refractivity (Wildman–Crippen MR) is 99.8 cm³/mol. The van der Waals surface area contributed by atoms with Crippen LogP contribution < -0.4 is 5.32 Å². The number of aryl methyl sites for hydroxylation is 2. The van der Waals surface area contributed by atoms with Gasteiger partial charge in [0.2, 0.25) is 0 Å². The van der Waals surface area contributed by atoms with Crippen molar-refractivity contribution in [2.45, 2.75) is 57.5 Å². The number of nitrogens with one attached hydrogen (secondary N) is 1. The Kier molecular flexibility index (Phi) is 6.28. The van der Waals surface area contributed by atoms with Crippen LogP contribution in [0.2, 0.25) is 0 Å². The number of hydrogen-bond donors (Lipinski definition) is 1. The van der Waals surface area contributed by atoms with Crippen LogP contribution >= 0.6 is 35.3 Å². The first-order valence-corrected chi connectivity index (χ1v) is 8.50. The van der Waals surface area contributed by atoms with Gasteiger partial charge in [-0.3, -0.25) is 4.99 Å². The van der Waals surface area contributed by atoms with Crippen LogP contribution in [0.5, 0.6) is 0 Å². The van der Waals surface area contributed by atoms with Crippen LogP contribution in [-0.2, 0) is 19.4 Å². The van der Waals surface area contributed by atoms with Gasteiger partial charge in [0, 0.05) is 25.0 Å². The third kappa shape index (κ3) is 4.09. The number of hydrogen-bond acceptors (Lipinski definition) is 3. The number of guanidine groups is 1. The normalized spacial score (nSPS) is 18.5. The molecule has 1 saturated carbocycles. The molecule has 1 heterocycles. The summed E-state index contributed by atoms with van der Waals surface area (Å²) in [6.45, 7) is 0.865. The molecule has 2 aliphatic carbocycles. The van der Waals surface area contributed by atoms with Gasteiger partial charge in [0.1, 0.15) is 5.01 Å². The Hall–Kier alpha value is -0.370. The van der Waals surface area contributed by atoms with E-state index < -0.39 is 0 Å². The van der Waals surface area contributed by atoms with E-state index in [4.69, 9.17) is 4.98 Å². The minimum Gasteiger partial charge on any atom is -0.354 e. The molecule has 0 aliphatic heterocycles. The summed E-state index contributed by atoms with van der Waals surface area (Å²) < 4.78 is 0. The number of nitrogens with zero attached hydrogens (tertiary/aromatic N) is 3. The summed E-state index contributed by atoms with van der Waals surface area (Å²) in [6.07, 6.45) is 8.93. The van der Waals surface area contributed by atoms with Crippen molar-refractivity contribution in [1.29, 1.82) is 0 Å². The van der Waals surface area contributed by atoms with Crippen molar-refractivity contribution < 1.29 is 0 Å². The van der Waals surface area contributed by atoms with Crippen LogP contribution in [0.15, 0.2) is 4.99 Å². The standard InChI is InChI=1S/C15H24N4S.HI/c1-16-15(17-11-6-5-7-11)19(2)10-14-18-12-8-3-4-9-13(12)20-14;/h11H,3-10H2,1-2H3,(H,16,17);1H. The van der Waals surface area contributed by atoms with Gasteiger partial charge in [-0.2, -0.15) is 0 Å². The first kappa shape index (κ1) is 17.0. The summed E-state index contributed by atoms with van der Waals surface area (Å²) in [4.78, 5) is 12.9. The lowest BCUT2D eigenvalue weighted by Gasteiger charge is -2.31. The summed E-state index contributed by atoms with van der Waals surface area (Å²) >= 11 is 1.89. The molecule has 0 unspecified atom stereocenters. The molecule has 0 amide bonds. The highest BCUT2D eigenvalue weighted by molar-refractivity contribution is 14.0. The molecule has 0 atom stereocenters. The molecule has 21 heavy (non-hydrogen) atoms. The molecule has 0 aromatic carbocycles. The Morgan fingerprint density at radius 2 is 2.10 bits per heavy atom. The lowest BCUT2D eigenvalue weighted by molar-refractivity contribution is 0.359. The molecule has 0 spiro atoms. The van der Waals surface area contributed by atoms with E-state index in [1.54, 1.807) is 0 Å². The Balaban J connectivity index is 0.00000161. The van der Waals surface area contributed by atoms with Crippen molar-refractivity contribution >= 4 is 41.3 Å². The zero-order valence-electron chi connectivity index (χ0n) is 12.9. The fourth-order valence-electron chi connectivity index (χ4n) is 2.83. The van der Waals surface area contributed by atoms with Gasteiger partial charge in [0.05, 0.1) is 12.2 Å². The molecular formula is C15H25IN4S. The minimum absolute atomic E-state index is 0. The molecule has 0 bridgehead atoms. The Morgan fingerprint density at radius 3 is 2.71 bits per heavy atom. The fourth-order valence-corrected chi connectivity index (χ4v) is 4.04. The maximum atomic E-state index is 4.81. The van der Waals surface area contributed by atoms with E-state index in [1.807, 2.05) is 18.4 Å². The zero-order chi connectivity index (χ0) is 13.9. The fraction of sp³-hybridized carbons (Fsp3) is 0.733. The third-order valence-electron chi connectivity index (χ3n) is 4.27. The molecule has 1 aromatic rings. The van der Waals surface area contributed by atoms with E-state index >= 15 is 0 Å². The number of halogens is 1. The zero-order valence-corrected chi connectivity index (χ0v) is 16.0. The van der Waals surface area contributed by atoms with Crippen LogP contribution in [0.25, 0.3) is 0 Å². The summed E-state index contributed by atoms with van der Waals surface area (Å²) in [5, 5.41) is 4.77. The first-order chi connectivity index (χ1) is 9.76. The van der Waals surface area contributed by atoms with Crippen LogP contribution in [-0.4, -0.2) is 36.0 Å². The largest absolute Gasteiger partial charge is 0.354 e. The second kappa shape index (κ2) is 7.76. The van der Waals surface area contributed by atoms with Crippen LogP contribution in [0.4, 0.5) is 0 Å². The average molecular weight is 420 g/mol. The van der Waals surface area contributed by atoms with Gasteiger partial charge in [-0.05, 0) is 44.9 Å². The molecule has 1 N–H and O–H groups in total. The Labute approximate surface area is 148 Å². The van der Waals surface area contributed by atoms with E-state index in [1.165, 1.54) is 60.5 Å². The smallest absolute Gasteiger partial charge is 0.193 e. The molecule has 0 saturated heterocycles. The second-order valence-electron chi connectivity index (χ2n) is 5.86. The highest BCUT2D eigenvalue weighted by Gasteiger charge is 2.21. The summed E-state index contributed by atoms with van der Waals surface area (Å²) in [5.41, 5.74) is 1.35. The van der Waals surface area contributed by atoms with Crippen molar-refractivity contribution in [3.05, 3.63) is 15.6 Å². The van der Waals surface area contributed by atoms with Gasteiger partial charge in [-0.25, -0.2) is 4.98 Å². The molecule has 118 valence electrons. The van der Waals surface area contributed by atoms with Crippen LogP contribution in [0, 0.1) is 0 Å². The van der Waals surface area contributed by atoms with Crippen molar-refractivity contribution in [1.82, 2.24) is 15.2 Å². The maximum Gasteiger partial charge on any atom is 0.193 e. The molecule has 2 aliphatic rings. The molecule has 6 heteroatoms. The predicted octanol–water partition coefficient (Wildman–Crippen LogP) is 3.20. The van der Waals surface area contributed by atoms with Gasteiger partial charge >= 0.3 is 0 Å². The highest BCUT2D eigenvalue weighted by atomic mass is 127. The number of aliphatic imine (C=N–C) groups is 1. The molecule has 3 rings (SSSR count). The summed E-state index contributed by atoms with van der Waals surface area (Å²) in [5.74, 6) is 1.00. The topological polar surface area (TPSA) is 40.5 Å². The highest BCUT2D eigenvalue weighted by Crippen LogP contribution is 2.27. The molecule has 4 nitrogen and oxygen atoms in total. The van der Waals surface area contributed by atoms with E-state index in [0.717, 1.165) is 12.5 Å². The molecule has 0 radical (unpaired) electrons. The SMILES string of the molecule is CN=C(NC1CCC1)N(C)Cc1nc2c(s1)CCCC2.I. The molecule has 1 aromatic heterocycles. The Morgan fingerprint density at radius 1 is 1.33 bits per heavy atom. The van der Waals surface area contributed by atoms with Gasteiger partial charge in [0.25, 0.3) is 0 Å². The maximum absolute atomic E-state index is 4.81. The van der Waals surface area contributed by atoms with Gasteiger partial charge in [0.15, 0.2) is 5.96 Å². The summed E-state index contributed by atoms with van der Waals surface area (Å²) in [7, 11) is 3.97. The number of fused-ring (bicyclic) bond motifs is 1. The average Bonchev–Trinajstić information content (AvgIpc) is 2.79. The van der Waals surface area contributed by atoms with Crippen LogP contribution in [0.3, 0.4) is 0 Å². The minimum atomic E-state index is 0. The number of rotatable bonds is 3. The summed E-state index contributed by atoms with van der Waals surface area (Å²) in [6, 6.07) is 0.626. The quantitative estimate of drug-likeness (QED) is 0.464. The van der Waals surface area contributed by atoms with Crippen molar-refractivity contribution in [3.8, 4) is 0 Å².